The van der Waals surface area contributed by atoms with Crippen molar-refractivity contribution in [3.63, 3.8) is 0 Å². The first-order chi connectivity index (χ1) is 18.0. The molecule has 2 bridgehead atoms. The van der Waals surface area contributed by atoms with Gasteiger partial charge in [-0.3, -0.25) is 0 Å². The summed E-state index contributed by atoms with van der Waals surface area (Å²) in [4.78, 5) is 18.3. The van der Waals surface area contributed by atoms with Crippen molar-refractivity contribution < 1.29 is 23.6 Å². The predicted octanol–water partition coefficient (Wildman–Crippen LogP) is 6.37. The zero-order valence-electron chi connectivity index (χ0n) is 20.6. The fraction of sp³-hybridized carbons (Fsp3) is 0.607. The maximum atomic E-state index is 14.6. The van der Waals surface area contributed by atoms with Crippen LogP contribution in [0.4, 0.5) is 9.52 Å². The van der Waals surface area contributed by atoms with E-state index in [0.29, 0.717) is 40.6 Å². The lowest BCUT2D eigenvalue weighted by Crippen LogP contribution is -2.45. The number of carbonyl (C=O) groups is 1. The lowest BCUT2D eigenvalue weighted by molar-refractivity contribution is 0.0138. The molecule has 5 fully saturated rings. The van der Waals surface area contributed by atoms with Gasteiger partial charge in [0.2, 0.25) is 0 Å². The first kappa shape index (κ1) is 22.5. The SMILES string of the molecule is O=C(O)c1cc(F)c2nc(N3C4CC[C@H]3CC(OCc3c(C5CC6(CC6)C5)noc3C3CC3)C4)sc2c1. The largest absolute Gasteiger partial charge is 0.478 e. The molecule has 3 saturated carbocycles. The number of anilines is 1. The van der Waals surface area contributed by atoms with Crippen molar-refractivity contribution in [1.82, 2.24) is 10.1 Å². The van der Waals surface area contributed by atoms with E-state index in [-0.39, 0.29) is 17.2 Å². The van der Waals surface area contributed by atoms with Gasteiger partial charge < -0.3 is 19.3 Å². The summed E-state index contributed by atoms with van der Waals surface area (Å²) in [5, 5.41) is 14.6. The van der Waals surface area contributed by atoms with Gasteiger partial charge in [-0.05, 0) is 81.8 Å². The van der Waals surface area contributed by atoms with Crippen LogP contribution < -0.4 is 4.90 Å². The zero-order valence-corrected chi connectivity index (χ0v) is 21.4. The van der Waals surface area contributed by atoms with Crippen molar-refractivity contribution in [2.75, 3.05) is 4.90 Å². The first-order valence-electron chi connectivity index (χ1n) is 13.7. The molecule has 2 aliphatic heterocycles. The van der Waals surface area contributed by atoms with E-state index in [0.717, 1.165) is 48.3 Å². The molecule has 2 saturated heterocycles. The van der Waals surface area contributed by atoms with Gasteiger partial charge >= 0.3 is 5.97 Å². The van der Waals surface area contributed by atoms with Gasteiger partial charge in [0.1, 0.15) is 11.3 Å². The molecule has 2 aromatic heterocycles. The molecule has 0 radical (unpaired) electrons. The highest BCUT2D eigenvalue weighted by molar-refractivity contribution is 7.22. The Balaban J connectivity index is 0.986. The monoisotopic (exact) mass is 523 g/mol. The Morgan fingerprint density at radius 1 is 1.16 bits per heavy atom. The molecule has 2 unspecified atom stereocenters. The van der Waals surface area contributed by atoms with E-state index in [1.165, 1.54) is 61.5 Å². The summed E-state index contributed by atoms with van der Waals surface area (Å²) in [5.74, 6) is 0.437. The van der Waals surface area contributed by atoms with Gasteiger partial charge in [0, 0.05) is 29.5 Å². The van der Waals surface area contributed by atoms with Gasteiger partial charge in [-0.2, -0.15) is 0 Å². The third kappa shape index (κ3) is 3.72. The smallest absolute Gasteiger partial charge is 0.335 e. The lowest BCUT2D eigenvalue weighted by atomic mass is 9.69. The molecule has 1 spiro atoms. The number of halogens is 1. The molecule has 1 N–H and O–H groups in total. The van der Waals surface area contributed by atoms with E-state index in [2.05, 4.69) is 15.0 Å². The van der Waals surface area contributed by atoms with Crippen molar-refractivity contribution in [1.29, 1.82) is 0 Å². The Kier molecular flexibility index (Phi) is 4.85. The number of carboxylic acids is 1. The molecular weight excluding hydrogens is 493 g/mol. The molecule has 3 aromatic rings. The van der Waals surface area contributed by atoms with Gasteiger partial charge in [-0.25, -0.2) is 14.2 Å². The number of nitrogens with zero attached hydrogens (tertiary/aromatic N) is 3. The van der Waals surface area contributed by atoms with Crippen LogP contribution in [0.5, 0.6) is 0 Å². The number of aromatic carboxylic acids is 1. The second kappa shape index (κ2) is 7.99. The average molecular weight is 524 g/mol. The number of fused-ring (bicyclic) bond motifs is 3. The van der Waals surface area contributed by atoms with Crippen LogP contribution in [0.25, 0.3) is 10.2 Å². The van der Waals surface area contributed by atoms with Crippen molar-refractivity contribution >= 4 is 32.7 Å². The molecule has 5 aliphatic rings. The molecule has 8 rings (SSSR count). The fourth-order valence-corrected chi connectivity index (χ4v) is 8.38. The van der Waals surface area contributed by atoms with E-state index in [9.17, 15) is 14.3 Å². The number of piperidine rings is 1. The molecule has 7 nitrogen and oxygen atoms in total. The maximum Gasteiger partial charge on any atom is 0.335 e. The quantitative estimate of drug-likeness (QED) is 0.385. The Hall–Kier alpha value is -2.52. The van der Waals surface area contributed by atoms with Gasteiger partial charge in [-0.15, -0.1) is 0 Å². The van der Waals surface area contributed by atoms with Gasteiger partial charge in [0.25, 0.3) is 0 Å². The van der Waals surface area contributed by atoms with Gasteiger partial charge in [0.05, 0.1) is 28.7 Å². The molecule has 0 amide bonds. The van der Waals surface area contributed by atoms with E-state index < -0.39 is 11.8 Å². The second-order valence-corrected chi connectivity index (χ2v) is 13.1. The molecule has 3 atom stereocenters. The zero-order chi connectivity index (χ0) is 24.9. The first-order valence-corrected chi connectivity index (χ1v) is 14.5. The summed E-state index contributed by atoms with van der Waals surface area (Å²) >= 11 is 1.39. The van der Waals surface area contributed by atoms with Crippen molar-refractivity contribution in [3.8, 4) is 0 Å². The number of rotatable bonds is 7. The fourth-order valence-electron chi connectivity index (χ4n) is 7.22. The average Bonchev–Trinajstić information content (AvgIpc) is 3.75. The highest BCUT2D eigenvalue weighted by Gasteiger charge is 2.54. The Bertz CT molecular complexity index is 1390. The van der Waals surface area contributed by atoms with Crippen LogP contribution >= 0.6 is 11.3 Å². The molecule has 9 heteroatoms. The van der Waals surface area contributed by atoms with Crippen LogP contribution in [0, 0.1) is 11.2 Å². The number of ether oxygens (including phenoxy) is 1. The molecule has 37 heavy (non-hydrogen) atoms. The third-order valence-electron chi connectivity index (χ3n) is 9.56. The summed E-state index contributed by atoms with van der Waals surface area (Å²) in [6, 6.07) is 3.20. The van der Waals surface area contributed by atoms with E-state index in [1.807, 2.05) is 0 Å². The number of carboxylic acid groups (broad SMARTS) is 1. The molecule has 3 aliphatic carbocycles. The van der Waals surface area contributed by atoms with Crippen LogP contribution in [0.2, 0.25) is 0 Å². The number of aromatic nitrogens is 2. The number of benzene rings is 1. The summed E-state index contributed by atoms with van der Waals surface area (Å²) in [7, 11) is 0. The van der Waals surface area contributed by atoms with E-state index >= 15 is 0 Å². The minimum atomic E-state index is -1.13. The topological polar surface area (TPSA) is 88.7 Å². The van der Waals surface area contributed by atoms with Crippen molar-refractivity contribution in [2.24, 2.45) is 5.41 Å². The minimum absolute atomic E-state index is 0.0387. The van der Waals surface area contributed by atoms with E-state index in [4.69, 9.17) is 9.26 Å². The highest BCUT2D eigenvalue weighted by atomic mass is 32.1. The van der Waals surface area contributed by atoms with Crippen molar-refractivity contribution in [3.05, 3.63) is 40.5 Å². The third-order valence-corrected chi connectivity index (χ3v) is 10.6. The van der Waals surface area contributed by atoms with Crippen LogP contribution in [-0.2, 0) is 11.3 Å². The lowest BCUT2D eigenvalue weighted by Gasteiger charge is -2.39. The summed E-state index contributed by atoms with van der Waals surface area (Å²) < 4.78 is 27.6. The number of hydrogen-bond acceptors (Lipinski definition) is 7. The maximum absolute atomic E-state index is 14.6. The molecule has 4 heterocycles. The summed E-state index contributed by atoms with van der Waals surface area (Å²) in [6.45, 7) is 0.586. The van der Waals surface area contributed by atoms with Crippen LogP contribution in [-0.4, -0.2) is 39.4 Å². The van der Waals surface area contributed by atoms with Gasteiger partial charge in [0.15, 0.2) is 10.9 Å². The standard InChI is InChI=1S/C28H30FN3O4S/c29-21-7-15(26(33)34)8-22-24(21)30-27(37-22)32-17-3-4-18(32)10-19(9-17)35-13-20-23(16-11-28(12-16)5-6-28)31-36-25(20)14-1-2-14/h7-8,14,16-19H,1-6,9-13H2,(H,33,34)/t17-,18?,19?/m0/s1. The normalized spacial score (nSPS) is 28.2. The number of thiazole rings is 1. The predicted molar refractivity (Wildman–Crippen MR) is 136 cm³/mol. The van der Waals surface area contributed by atoms with Crippen LogP contribution in [0.1, 0.15) is 103 Å². The van der Waals surface area contributed by atoms with Crippen LogP contribution in [0.3, 0.4) is 0 Å². The highest BCUT2D eigenvalue weighted by Crippen LogP contribution is 2.66. The number of hydrogen-bond donors (Lipinski definition) is 1. The van der Waals surface area contributed by atoms with Gasteiger partial charge in [-0.1, -0.05) is 16.5 Å². The Morgan fingerprint density at radius 2 is 1.92 bits per heavy atom. The Labute approximate surface area is 218 Å². The summed E-state index contributed by atoms with van der Waals surface area (Å²) in [6.07, 6.45) is 11.8. The summed E-state index contributed by atoms with van der Waals surface area (Å²) in [5.41, 5.74) is 3.25. The minimum Gasteiger partial charge on any atom is -0.478 e. The second-order valence-electron chi connectivity index (χ2n) is 12.1. The molecule has 1 aromatic carbocycles. The van der Waals surface area contributed by atoms with E-state index in [1.54, 1.807) is 0 Å². The van der Waals surface area contributed by atoms with Crippen molar-refractivity contribution in [2.45, 2.75) is 101 Å². The molecular formula is C28H30FN3O4S. The Morgan fingerprint density at radius 3 is 2.59 bits per heavy atom. The van der Waals surface area contributed by atoms with Crippen LogP contribution in [0.15, 0.2) is 16.7 Å². The molecule has 194 valence electrons.